The van der Waals surface area contributed by atoms with Crippen molar-refractivity contribution in [2.24, 2.45) is 11.3 Å². The lowest BCUT2D eigenvalue weighted by molar-refractivity contribution is -0.137. The van der Waals surface area contributed by atoms with Crippen LogP contribution in [-0.4, -0.2) is 60.6 Å². The van der Waals surface area contributed by atoms with Crippen molar-refractivity contribution in [1.29, 1.82) is 0 Å². The van der Waals surface area contributed by atoms with Gasteiger partial charge in [0.2, 0.25) is 5.91 Å². The first-order chi connectivity index (χ1) is 13.5. The predicted octanol–water partition coefficient (Wildman–Crippen LogP) is 2.19. The minimum atomic E-state index is -0.532. The minimum Gasteiger partial charge on any atom is -0.447 e. The average Bonchev–Trinajstić information content (AvgIpc) is 3.23. The molecule has 3 aliphatic heterocycles. The van der Waals surface area contributed by atoms with E-state index in [1.54, 1.807) is 6.08 Å². The molecule has 3 fully saturated rings. The highest BCUT2D eigenvalue weighted by atomic mass is 16.6. The Morgan fingerprint density at radius 2 is 2.07 bits per heavy atom. The van der Waals surface area contributed by atoms with Gasteiger partial charge in [0.25, 0.3) is 0 Å². The third-order valence-electron chi connectivity index (χ3n) is 6.20. The summed E-state index contributed by atoms with van der Waals surface area (Å²) in [6.45, 7) is 11.8. The van der Waals surface area contributed by atoms with Crippen LogP contribution in [0.2, 0.25) is 0 Å². The Morgan fingerprint density at radius 3 is 2.71 bits per heavy atom. The molecule has 0 aromatic heterocycles. The zero-order chi connectivity index (χ0) is 19.7. The molecule has 1 spiro atoms. The van der Waals surface area contributed by atoms with E-state index in [1.807, 2.05) is 18.2 Å². The molecule has 0 bridgehead atoms. The standard InChI is InChI=1S/C22H27N3O3/c1-3-16(2)9-18-12-28-21(27)25(18)20(26)19-11-24(15-22(19)13-23-14-22)10-17-7-5-4-6-8-17/h3-8,18-19,23H,1-2,9-15H2. The number of nitrogens with one attached hydrogen (secondary N) is 1. The molecule has 1 N–H and O–H groups in total. The molecule has 6 heteroatoms. The van der Waals surface area contributed by atoms with E-state index < -0.39 is 6.09 Å². The first-order valence-electron chi connectivity index (χ1n) is 9.79. The molecule has 6 nitrogen and oxygen atoms in total. The van der Waals surface area contributed by atoms with Crippen molar-refractivity contribution in [2.45, 2.75) is 19.0 Å². The van der Waals surface area contributed by atoms with Gasteiger partial charge in [-0.3, -0.25) is 9.69 Å². The number of carbonyl (C=O) groups is 2. The molecule has 2 atom stereocenters. The van der Waals surface area contributed by atoms with Gasteiger partial charge in [0, 0.05) is 38.1 Å². The van der Waals surface area contributed by atoms with Crippen LogP contribution < -0.4 is 5.32 Å². The number of likely N-dealkylation sites (tertiary alicyclic amines) is 1. The molecular weight excluding hydrogens is 354 g/mol. The number of carbonyl (C=O) groups excluding carboxylic acids is 2. The van der Waals surface area contributed by atoms with E-state index in [-0.39, 0.29) is 29.9 Å². The molecule has 3 heterocycles. The van der Waals surface area contributed by atoms with Crippen molar-refractivity contribution < 1.29 is 14.3 Å². The van der Waals surface area contributed by atoms with Crippen LogP contribution in [0.3, 0.4) is 0 Å². The smallest absolute Gasteiger partial charge is 0.416 e. The normalized spacial score (nSPS) is 26.1. The van der Waals surface area contributed by atoms with E-state index in [4.69, 9.17) is 4.74 Å². The number of cyclic esters (lactones) is 1. The largest absolute Gasteiger partial charge is 0.447 e. The summed E-state index contributed by atoms with van der Waals surface area (Å²) in [6.07, 6.45) is 1.64. The van der Waals surface area contributed by atoms with E-state index >= 15 is 0 Å². The van der Waals surface area contributed by atoms with Crippen molar-refractivity contribution >= 4 is 12.0 Å². The summed E-state index contributed by atoms with van der Waals surface area (Å²) in [5.41, 5.74) is 1.94. The number of benzene rings is 1. The van der Waals surface area contributed by atoms with Gasteiger partial charge in [-0.2, -0.15) is 0 Å². The first kappa shape index (κ1) is 18.9. The molecule has 0 aliphatic carbocycles. The molecule has 4 rings (SSSR count). The van der Waals surface area contributed by atoms with Crippen molar-refractivity contribution in [3.63, 3.8) is 0 Å². The fourth-order valence-electron chi connectivity index (χ4n) is 4.61. The molecule has 3 aliphatic rings. The van der Waals surface area contributed by atoms with Crippen LogP contribution in [0.5, 0.6) is 0 Å². The molecule has 0 radical (unpaired) electrons. The van der Waals surface area contributed by atoms with Gasteiger partial charge in [-0.15, -0.1) is 0 Å². The Morgan fingerprint density at radius 1 is 1.32 bits per heavy atom. The van der Waals surface area contributed by atoms with Crippen LogP contribution in [0.1, 0.15) is 12.0 Å². The Balaban J connectivity index is 1.51. The number of allylic oxidation sites excluding steroid dienone is 1. The number of nitrogens with zero attached hydrogens (tertiary/aromatic N) is 2. The topological polar surface area (TPSA) is 61.9 Å². The van der Waals surface area contributed by atoms with E-state index in [0.717, 1.165) is 31.8 Å². The maximum absolute atomic E-state index is 13.5. The number of rotatable bonds is 6. The second-order valence-electron chi connectivity index (χ2n) is 8.18. The lowest BCUT2D eigenvalue weighted by Crippen LogP contribution is -2.61. The van der Waals surface area contributed by atoms with E-state index in [2.05, 4.69) is 35.5 Å². The molecule has 1 aromatic rings. The lowest BCUT2D eigenvalue weighted by atomic mass is 9.72. The van der Waals surface area contributed by atoms with Crippen LogP contribution in [-0.2, 0) is 16.1 Å². The highest BCUT2D eigenvalue weighted by Gasteiger charge is 2.56. The van der Waals surface area contributed by atoms with Crippen LogP contribution in [0, 0.1) is 11.3 Å². The highest BCUT2D eigenvalue weighted by molar-refractivity contribution is 5.95. The Hall–Kier alpha value is -2.44. The fraction of sp³-hybridized carbons (Fsp3) is 0.455. The Kier molecular flexibility index (Phi) is 5.08. The third-order valence-corrected chi connectivity index (χ3v) is 6.20. The number of amides is 2. The molecular formula is C22H27N3O3. The summed E-state index contributed by atoms with van der Waals surface area (Å²) >= 11 is 0. The van der Waals surface area contributed by atoms with Crippen LogP contribution in [0.25, 0.3) is 0 Å². The molecule has 3 saturated heterocycles. The van der Waals surface area contributed by atoms with Crippen molar-refractivity contribution in [1.82, 2.24) is 15.1 Å². The molecule has 28 heavy (non-hydrogen) atoms. The van der Waals surface area contributed by atoms with Gasteiger partial charge in [-0.05, 0) is 12.0 Å². The fourth-order valence-corrected chi connectivity index (χ4v) is 4.61. The second kappa shape index (κ2) is 7.53. The summed E-state index contributed by atoms with van der Waals surface area (Å²) in [5, 5.41) is 3.33. The zero-order valence-electron chi connectivity index (χ0n) is 16.1. The molecule has 0 saturated carbocycles. The SMILES string of the molecule is C=CC(=C)CC1COC(=O)N1C(=O)C1CN(Cc2ccccc2)CC12CNC2. The van der Waals surface area contributed by atoms with Crippen LogP contribution in [0.15, 0.2) is 55.1 Å². The van der Waals surface area contributed by atoms with Gasteiger partial charge >= 0.3 is 6.09 Å². The molecule has 2 unspecified atom stereocenters. The summed E-state index contributed by atoms with van der Waals surface area (Å²) < 4.78 is 5.21. The van der Waals surface area contributed by atoms with Gasteiger partial charge in [0.1, 0.15) is 6.61 Å². The Bertz CT molecular complexity index is 787. The van der Waals surface area contributed by atoms with Gasteiger partial charge in [-0.25, -0.2) is 9.69 Å². The van der Waals surface area contributed by atoms with Gasteiger partial charge in [-0.1, -0.05) is 55.1 Å². The maximum atomic E-state index is 13.5. The van der Waals surface area contributed by atoms with E-state index in [0.29, 0.717) is 13.0 Å². The summed E-state index contributed by atoms with van der Waals surface area (Å²) in [4.78, 5) is 29.5. The Labute approximate surface area is 165 Å². The number of imide groups is 1. The van der Waals surface area contributed by atoms with Gasteiger partial charge in [0.05, 0.1) is 12.0 Å². The maximum Gasteiger partial charge on any atom is 0.416 e. The lowest BCUT2D eigenvalue weighted by Gasteiger charge is -2.43. The quantitative estimate of drug-likeness (QED) is 0.766. The predicted molar refractivity (Wildman–Crippen MR) is 106 cm³/mol. The summed E-state index contributed by atoms with van der Waals surface area (Å²) in [5.74, 6) is -0.316. The zero-order valence-corrected chi connectivity index (χ0v) is 16.1. The third kappa shape index (κ3) is 3.38. The monoisotopic (exact) mass is 381 g/mol. The number of hydrogen-bond donors (Lipinski definition) is 1. The van der Waals surface area contributed by atoms with E-state index in [9.17, 15) is 9.59 Å². The molecule has 1 aromatic carbocycles. The highest BCUT2D eigenvalue weighted by Crippen LogP contribution is 2.42. The van der Waals surface area contributed by atoms with Gasteiger partial charge in [0.15, 0.2) is 0 Å². The second-order valence-corrected chi connectivity index (χ2v) is 8.18. The minimum absolute atomic E-state index is 0.102. The van der Waals surface area contributed by atoms with Crippen molar-refractivity contribution in [3.05, 3.63) is 60.7 Å². The van der Waals surface area contributed by atoms with Crippen molar-refractivity contribution in [3.8, 4) is 0 Å². The molecule has 148 valence electrons. The summed E-state index contributed by atoms with van der Waals surface area (Å²) in [7, 11) is 0. The average molecular weight is 381 g/mol. The molecule has 2 amide bonds. The van der Waals surface area contributed by atoms with E-state index in [1.165, 1.54) is 10.5 Å². The van der Waals surface area contributed by atoms with Crippen molar-refractivity contribution in [2.75, 3.05) is 32.8 Å². The summed E-state index contributed by atoms with van der Waals surface area (Å²) in [6, 6.07) is 10.00. The number of hydrogen-bond acceptors (Lipinski definition) is 5. The van der Waals surface area contributed by atoms with Gasteiger partial charge < -0.3 is 10.1 Å². The number of ether oxygens (including phenoxy) is 1. The first-order valence-corrected chi connectivity index (χ1v) is 9.79. The van der Waals surface area contributed by atoms with Crippen LogP contribution in [0.4, 0.5) is 4.79 Å². The van der Waals surface area contributed by atoms with Crippen LogP contribution >= 0.6 is 0 Å².